The number of halogens is 1. The number of carboxylic acid groups (broad SMARTS) is 1. The summed E-state index contributed by atoms with van der Waals surface area (Å²) in [7, 11) is 3.18. The van der Waals surface area contributed by atoms with Crippen molar-refractivity contribution in [2.24, 2.45) is 0 Å². The van der Waals surface area contributed by atoms with E-state index in [9.17, 15) is 4.79 Å². The Bertz CT molecular complexity index is 465. The molecule has 5 nitrogen and oxygen atoms in total. The summed E-state index contributed by atoms with van der Waals surface area (Å²) >= 11 is 5.82. The van der Waals surface area contributed by atoms with Crippen LogP contribution in [0.15, 0.2) is 18.2 Å². The smallest absolute Gasteiger partial charge is 0.337 e. The molecule has 0 atom stereocenters. The van der Waals surface area contributed by atoms with Crippen molar-refractivity contribution in [2.45, 2.75) is 5.79 Å². The van der Waals surface area contributed by atoms with Crippen molar-refractivity contribution in [2.75, 3.05) is 32.2 Å². The SMILES string of the molecule is COC1(OC)CN(c2ccc(Cl)c(C(=O)O)c2)C1. The Morgan fingerprint density at radius 3 is 2.50 bits per heavy atom. The number of hydrogen-bond donors (Lipinski definition) is 1. The van der Waals surface area contributed by atoms with E-state index in [2.05, 4.69) is 0 Å². The fourth-order valence-corrected chi connectivity index (χ4v) is 2.13. The summed E-state index contributed by atoms with van der Waals surface area (Å²) in [6.45, 7) is 1.11. The van der Waals surface area contributed by atoms with Gasteiger partial charge in [0.1, 0.15) is 0 Å². The highest BCUT2D eigenvalue weighted by Crippen LogP contribution is 2.32. The quantitative estimate of drug-likeness (QED) is 0.847. The van der Waals surface area contributed by atoms with E-state index in [1.54, 1.807) is 32.4 Å². The van der Waals surface area contributed by atoms with Crippen molar-refractivity contribution in [3.05, 3.63) is 28.8 Å². The highest BCUT2D eigenvalue weighted by atomic mass is 35.5. The van der Waals surface area contributed by atoms with E-state index >= 15 is 0 Å². The van der Waals surface area contributed by atoms with Gasteiger partial charge in [-0.05, 0) is 18.2 Å². The highest BCUT2D eigenvalue weighted by Gasteiger charge is 2.44. The van der Waals surface area contributed by atoms with Gasteiger partial charge in [0.05, 0.1) is 23.7 Å². The molecule has 0 aromatic heterocycles. The Morgan fingerprint density at radius 1 is 1.39 bits per heavy atom. The van der Waals surface area contributed by atoms with E-state index in [-0.39, 0.29) is 10.6 Å². The van der Waals surface area contributed by atoms with Gasteiger partial charge >= 0.3 is 5.97 Å². The molecule has 1 N–H and O–H groups in total. The average molecular weight is 272 g/mol. The van der Waals surface area contributed by atoms with Crippen LogP contribution in [0, 0.1) is 0 Å². The van der Waals surface area contributed by atoms with Crippen LogP contribution in [0.2, 0.25) is 5.02 Å². The van der Waals surface area contributed by atoms with Crippen molar-refractivity contribution in [3.63, 3.8) is 0 Å². The summed E-state index contributed by atoms with van der Waals surface area (Å²) in [5, 5.41) is 9.24. The molecule has 1 saturated heterocycles. The summed E-state index contributed by atoms with van der Waals surface area (Å²) in [5.74, 6) is -1.63. The number of benzene rings is 1. The number of nitrogens with zero attached hydrogens (tertiary/aromatic N) is 1. The van der Waals surface area contributed by atoms with Gasteiger partial charge in [-0.25, -0.2) is 4.79 Å². The molecular weight excluding hydrogens is 258 g/mol. The van der Waals surface area contributed by atoms with Crippen LogP contribution in [-0.2, 0) is 9.47 Å². The predicted molar refractivity (Wildman–Crippen MR) is 67.4 cm³/mol. The molecule has 1 heterocycles. The molecule has 18 heavy (non-hydrogen) atoms. The lowest BCUT2D eigenvalue weighted by Crippen LogP contribution is -2.64. The third kappa shape index (κ3) is 2.16. The van der Waals surface area contributed by atoms with E-state index in [1.165, 1.54) is 0 Å². The molecule has 1 aromatic rings. The molecule has 1 fully saturated rings. The first-order valence-electron chi connectivity index (χ1n) is 5.39. The molecule has 6 heteroatoms. The topological polar surface area (TPSA) is 59.0 Å². The molecule has 1 aliphatic heterocycles. The zero-order chi connectivity index (χ0) is 13.3. The number of carboxylic acids is 1. The van der Waals surface area contributed by atoms with E-state index in [1.807, 2.05) is 4.90 Å². The Hall–Kier alpha value is -1.30. The second-order valence-corrected chi connectivity index (χ2v) is 4.55. The number of carbonyl (C=O) groups is 1. The maximum atomic E-state index is 11.0. The summed E-state index contributed by atoms with van der Waals surface area (Å²) in [4.78, 5) is 13.0. The van der Waals surface area contributed by atoms with Crippen LogP contribution in [-0.4, -0.2) is 44.2 Å². The third-order valence-electron chi connectivity index (χ3n) is 3.15. The largest absolute Gasteiger partial charge is 0.478 e. The summed E-state index contributed by atoms with van der Waals surface area (Å²) in [5.41, 5.74) is 0.892. The maximum absolute atomic E-state index is 11.0. The van der Waals surface area contributed by atoms with E-state index < -0.39 is 11.8 Å². The first-order valence-corrected chi connectivity index (χ1v) is 5.77. The lowest BCUT2D eigenvalue weighted by atomic mass is 10.0. The third-order valence-corrected chi connectivity index (χ3v) is 3.48. The molecule has 2 rings (SSSR count). The van der Waals surface area contributed by atoms with Crippen LogP contribution < -0.4 is 4.90 Å². The van der Waals surface area contributed by atoms with Crippen LogP contribution in [0.25, 0.3) is 0 Å². The maximum Gasteiger partial charge on any atom is 0.337 e. The average Bonchev–Trinajstić information content (AvgIpc) is 2.30. The number of aromatic carboxylic acids is 1. The Balaban J connectivity index is 2.17. The minimum atomic E-state index is -1.04. The van der Waals surface area contributed by atoms with Crippen molar-refractivity contribution >= 4 is 23.3 Å². The second kappa shape index (κ2) is 4.76. The normalized spacial score (nSPS) is 17.4. The molecule has 98 valence electrons. The number of ether oxygens (including phenoxy) is 2. The Kier molecular flexibility index (Phi) is 3.47. The van der Waals surface area contributed by atoms with Gasteiger partial charge in [0.25, 0.3) is 0 Å². The fraction of sp³-hybridized carbons (Fsp3) is 0.417. The lowest BCUT2D eigenvalue weighted by molar-refractivity contribution is -0.219. The fourth-order valence-electron chi connectivity index (χ4n) is 1.93. The van der Waals surface area contributed by atoms with Gasteiger partial charge in [-0.1, -0.05) is 11.6 Å². The van der Waals surface area contributed by atoms with Crippen LogP contribution in [0.3, 0.4) is 0 Å². The van der Waals surface area contributed by atoms with Gasteiger partial charge in [0.2, 0.25) is 5.79 Å². The van der Waals surface area contributed by atoms with E-state index in [4.69, 9.17) is 26.2 Å². The minimum absolute atomic E-state index is 0.0986. The molecule has 0 radical (unpaired) electrons. The van der Waals surface area contributed by atoms with Gasteiger partial charge in [0.15, 0.2) is 0 Å². The standard InChI is InChI=1S/C12H14ClNO4/c1-17-12(18-2)6-14(7-12)8-3-4-10(13)9(5-8)11(15)16/h3-5H,6-7H2,1-2H3,(H,15,16). The lowest BCUT2D eigenvalue weighted by Gasteiger charge is -2.48. The zero-order valence-electron chi connectivity index (χ0n) is 10.1. The van der Waals surface area contributed by atoms with Crippen molar-refractivity contribution < 1.29 is 19.4 Å². The molecule has 0 amide bonds. The number of hydrogen-bond acceptors (Lipinski definition) is 4. The number of anilines is 1. The molecular formula is C12H14ClNO4. The van der Waals surface area contributed by atoms with Crippen LogP contribution >= 0.6 is 11.6 Å². The van der Waals surface area contributed by atoms with Gasteiger partial charge < -0.3 is 19.5 Å². The molecule has 1 aromatic carbocycles. The van der Waals surface area contributed by atoms with Crippen molar-refractivity contribution in [1.82, 2.24) is 0 Å². The van der Waals surface area contributed by atoms with E-state index in [0.29, 0.717) is 13.1 Å². The van der Waals surface area contributed by atoms with Gasteiger partial charge in [-0.15, -0.1) is 0 Å². The first-order chi connectivity index (χ1) is 8.51. The van der Waals surface area contributed by atoms with Crippen LogP contribution in [0.5, 0.6) is 0 Å². The first kappa shape index (κ1) is 13.1. The molecule has 0 unspecified atom stereocenters. The van der Waals surface area contributed by atoms with Crippen LogP contribution in [0.1, 0.15) is 10.4 Å². The van der Waals surface area contributed by atoms with E-state index in [0.717, 1.165) is 5.69 Å². The van der Waals surface area contributed by atoms with Gasteiger partial charge in [-0.3, -0.25) is 0 Å². The molecule has 0 saturated carbocycles. The molecule has 0 bridgehead atoms. The molecule has 0 spiro atoms. The van der Waals surface area contributed by atoms with Gasteiger partial charge in [0, 0.05) is 19.9 Å². The Labute approximate surface area is 110 Å². The highest BCUT2D eigenvalue weighted by molar-refractivity contribution is 6.33. The summed E-state index contributed by atoms with van der Waals surface area (Å²) < 4.78 is 10.5. The van der Waals surface area contributed by atoms with Crippen LogP contribution in [0.4, 0.5) is 5.69 Å². The Morgan fingerprint density at radius 2 is 2.00 bits per heavy atom. The monoisotopic (exact) mass is 271 g/mol. The number of rotatable bonds is 4. The van der Waals surface area contributed by atoms with Gasteiger partial charge in [-0.2, -0.15) is 0 Å². The predicted octanol–water partition coefficient (Wildman–Crippen LogP) is 1.85. The second-order valence-electron chi connectivity index (χ2n) is 4.14. The number of methoxy groups -OCH3 is 2. The minimum Gasteiger partial charge on any atom is -0.478 e. The van der Waals surface area contributed by atoms with Crippen molar-refractivity contribution in [1.29, 1.82) is 0 Å². The summed E-state index contributed by atoms with van der Waals surface area (Å²) in [6, 6.07) is 4.92. The summed E-state index contributed by atoms with van der Waals surface area (Å²) in [6.07, 6.45) is 0. The molecule has 1 aliphatic rings. The van der Waals surface area contributed by atoms with Crippen molar-refractivity contribution in [3.8, 4) is 0 Å². The molecule has 0 aliphatic carbocycles. The zero-order valence-corrected chi connectivity index (χ0v) is 10.9.